The molecule has 5 heteroatoms. The molecule has 0 spiro atoms. The molecule has 0 unspecified atom stereocenters. The average Bonchev–Trinajstić information content (AvgIpc) is 2.18. The van der Waals surface area contributed by atoms with E-state index in [9.17, 15) is 4.79 Å². The molecule has 2 aromatic heterocycles. The first-order chi connectivity index (χ1) is 6.31. The molecule has 0 bridgehead atoms. The lowest BCUT2D eigenvalue weighted by atomic mass is 10.3. The molecular formula is C8H7N3OS. The van der Waals surface area contributed by atoms with E-state index >= 15 is 0 Å². The van der Waals surface area contributed by atoms with Crippen LogP contribution in [0.25, 0.3) is 10.8 Å². The number of hydrogen-bond donors (Lipinski definition) is 1. The van der Waals surface area contributed by atoms with Crippen molar-refractivity contribution in [2.75, 3.05) is 6.26 Å². The first-order valence-electron chi connectivity index (χ1n) is 3.68. The van der Waals surface area contributed by atoms with Crippen LogP contribution in [-0.4, -0.2) is 21.4 Å². The van der Waals surface area contributed by atoms with E-state index in [1.165, 1.54) is 11.8 Å². The van der Waals surface area contributed by atoms with Crippen molar-refractivity contribution in [2.45, 2.75) is 5.03 Å². The van der Waals surface area contributed by atoms with Crippen molar-refractivity contribution in [2.24, 2.45) is 0 Å². The van der Waals surface area contributed by atoms with Crippen molar-refractivity contribution in [3.05, 3.63) is 28.8 Å². The van der Waals surface area contributed by atoms with Crippen LogP contribution in [0, 0.1) is 0 Å². The molecule has 0 radical (unpaired) electrons. The zero-order valence-electron chi connectivity index (χ0n) is 6.94. The number of thioether (sulfide) groups is 1. The fourth-order valence-electron chi connectivity index (χ4n) is 1.08. The number of aromatic amines is 1. The predicted molar refractivity (Wildman–Crippen MR) is 51.9 cm³/mol. The van der Waals surface area contributed by atoms with Crippen LogP contribution in [0.3, 0.4) is 0 Å². The fourth-order valence-corrected chi connectivity index (χ4v) is 1.48. The number of fused-ring (bicyclic) bond motifs is 1. The van der Waals surface area contributed by atoms with Gasteiger partial charge in [0.25, 0.3) is 5.56 Å². The van der Waals surface area contributed by atoms with Crippen LogP contribution in [0.1, 0.15) is 0 Å². The van der Waals surface area contributed by atoms with Gasteiger partial charge in [-0.05, 0) is 12.3 Å². The quantitative estimate of drug-likeness (QED) is 0.687. The van der Waals surface area contributed by atoms with Gasteiger partial charge in [-0.25, -0.2) is 10.1 Å². The monoisotopic (exact) mass is 193 g/mol. The Morgan fingerprint density at radius 1 is 1.46 bits per heavy atom. The molecule has 0 aliphatic rings. The molecule has 2 aromatic rings. The first kappa shape index (κ1) is 8.25. The van der Waals surface area contributed by atoms with E-state index < -0.39 is 0 Å². The van der Waals surface area contributed by atoms with Crippen LogP contribution in [0.2, 0.25) is 0 Å². The average molecular weight is 193 g/mol. The fraction of sp³-hybridized carbons (Fsp3) is 0.125. The number of nitrogens with one attached hydrogen (secondary N) is 1. The second kappa shape index (κ2) is 3.18. The molecule has 0 amide bonds. The third-order valence-corrected chi connectivity index (χ3v) is 2.38. The Kier molecular flexibility index (Phi) is 2.02. The summed E-state index contributed by atoms with van der Waals surface area (Å²) in [6.07, 6.45) is 5.13. The van der Waals surface area contributed by atoms with Gasteiger partial charge >= 0.3 is 0 Å². The highest BCUT2D eigenvalue weighted by Crippen LogP contribution is 2.15. The van der Waals surface area contributed by atoms with E-state index in [0.717, 1.165) is 10.4 Å². The maximum absolute atomic E-state index is 11.2. The summed E-state index contributed by atoms with van der Waals surface area (Å²) in [7, 11) is 0. The Bertz CT molecular complexity index is 494. The molecule has 13 heavy (non-hydrogen) atoms. The van der Waals surface area contributed by atoms with E-state index in [-0.39, 0.29) is 5.56 Å². The highest BCUT2D eigenvalue weighted by Gasteiger charge is 1.99. The molecule has 1 N–H and O–H groups in total. The minimum Gasteiger partial charge on any atom is -0.267 e. The van der Waals surface area contributed by atoms with Crippen molar-refractivity contribution in [1.82, 2.24) is 15.2 Å². The summed E-state index contributed by atoms with van der Waals surface area (Å²) < 4.78 is 0. The molecule has 0 fully saturated rings. The highest BCUT2D eigenvalue weighted by atomic mass is 32.2. The lowest BCUT2D eigenvalue weighted by molar-refractivity contribution is 1.00. The second-order valence-corrected chi connectivity index (χ2v) is 3.34. The van der Waals surface area contributed by atoms with Crippen LogP contribution in [-0.2, 0) is 0 Å². The topological polar surface area (TPSA) is 58.6 Å². The number of pyridine rings is 1. The molecule has 0 saturated heterocycles. The molecular weight excluding hydrogens is 186 g/mol. The summed E-state index contributed by atoms with van der Waals surface area (Å²) in [6.45, 7) is 0. The Hall–Kier alpha value is -1.36. The second-order valence-electron chi connectivity index (χ2n) is 2.51. The Balaban J connectivity index is 2.80. The lowest BCUT2D eigenvalue weighted by Crippen LogP contribution is -2.07. The van der Waals surface area contributed by atoms with Crippen molar-refractivity contribution < 1.29 is 0 Å². The third-order valence-electron chi connectivity index (χ3n) is 1.73. The van der Waals surface area contributed by atoms with Gasteiger partial charge in [0.15, 0.2) is 0 Å². The van der Waals surface area contributed by atoms with Crippen LogP contribution < -0.4 is 5.56 Å². The number of rotatable bonds is 1. The van der Waals surface area contributed by atoms with Crippen LogP contribution in [0.15, 0.2) is 28.3 Å². The van der Waals surface area contributed by atoms with E-state index in [2.05, 4.69) is 15.2 Å². The highest BCUT2D eigenvalue weighted by molar-refractivity contribution is 7.98. The van der Waals surface area contributed by atoms with Crippen molar-refractivity contribution in [3.8, 4) is 0 Å². The molecule has 0 aliphatic carbocycles. The Morgan fingerprint density at radius 3 is 3.08 bits per heavy atom. The van der Waals surface area contributed by atoms with E-state index in [0.29, 0.717) is 5.39 Å². The van der Waals surface area contributed by atoms with E-state index in [1.807, 2.05) is 12.3 Å². The summed E-state index contributed by atoms with van der Waals surface area (Å²) in [5.74, 6) is 0. The van der Waals surface area contributed by atoms with Gasteiger partial charge in [-0.1, -0.05) is 0 Å². The maximum atomic E-state index is 11.2. The molecule has 66 valence electrons. The minimum absolute atomic E-state index is 0.197. The third kappa shape index (κ3) is 1.42. The number of hydrogen-bond acceptors (Lipinski definition) is 4. The molecule has 2 heterocycles. The summed E-state index contributed by atoms with van der Waals surface area (Å²) in [5, 5.41) is 8.36. The Labute approximate surface area is 78.4 Å². The van der Waals surface area contributed by atoms with Gasteiger partial charge in [0.1, 0.15) is 0 Å². The lowest BCUT2D eigenvalue weighted by Gasteiger charge is -1.97. The normalized spacial score (nSPS) is 10.5. The maximum Gasteiger partial charge on any atom is 0.273 e. The molecule has 0 saturated carbocycles. The molecule has 0 atom stereocenters. The minimum atomic E-state index is -0.197. The van der Waals surface area contributed by atoms with Gasteiger partial charge in [0, 0.05) is 11.6 Å². The van der Waals surface area contributed by atoms with Crippen LogP contribution in [0.4, 0.5) is 0 Å². The van der Waals surface area contributed by atoms with Gasteiger partial charge in [0.05, 0.1) is 16.6 Å². The molecule has 0 aromatic carbocycles. The molecule has 0 aliphatic heterocycles. The van der Waals surface area contributed by atoms with Crippen LogP contribution in [0.5, 0.6) is 0 Å². The van der Waals surface area contributed by atoms with Crippen LogP contribution >= 0.6 is 11.8 Å². The summed E-state index contributed by atoms with van der Waals surface area (Å²) in [4.78, 5) is 15.3. The van der Waals surface area contributed by atoms with Gasteiger partial charge in [-0.2, -0.15) is 5.10 Å². The number of aromatic nitrogens is 3. The van der Waals surface area contributed by atoms with Crippen molar-refractivity contribution >= 4 is 22.5 Å². The molecule has 2 rings (SSSR count). The van der Waals surface area contributed by atoms with E-state index in [4.69, 9.17) is 0 Å². The van der Waals surface area contributed by atoms with Gasteiger partial charge in [-0.15, -0.1) is 11.8 Å². The van der Waals surface area contributed by atoms with Gasteiger partial charge < -0.3 is 0 Å². The zero-order chi connectivity index (χ0) is 9.26. The predicted octanol–water partition coefficient (Wildman–Crippen LogP) is 1.04. The SMILES string of the molecule is CSc1cc2cn[nH]c(=O)c2cn1. The zero-order valence-corrected chi connectivity index (χ0v) is 7.76. The number of nitrogens with zero attached hydrogens (tertiary/aromatic N) is 2. The summed E-state index contributed by atoms with van der Waals surface area (Å²) in [5.41, 5.74) is -0.197. The number of H-pyrrole nitrogens is 1. The standard InChI is InChI=1S/C8H7N3OS/c1-13-7-2-5-3-10-11-8(12)6(5)4-9-7/h2-4H,1H3,(H,11,12). The van der Waals surface area contributed by atoms with Gasteiger partial charge in [0.2, 0.25) is 0 Å². The summed E-state index contributed by atoms with van der Waals surface area (Å²) in [6, 6.07) is 1.85. The Morgan fingerprint density at radius 2 is 2.31 bits per heavy atom. The first-order valence-corrected chi connectivity index (χ1v) is 4.91. The van der Waals surface area contributed by atoms with Crippen molar-refractivity contribution in [3.63, 3.8) is 0 Å². The van der Waals surface area contributed by atoms with Crippen molar-refractivity contribution in [1.29, 1.82) is 0 Å². The largest absolute Gasteiger partial charge is 0.273 e. The summed E-state index contributed by atoms with van der Waals surface area (Å²) >= 11 is 1.54. The smallest absolute Gasteiger partial charge is 0.267 e. The van der Waals surface area contributed by atoms with Gasteiger partial charge in [-0.3, -0.25) is 4.79 Å². The molecule has 4 nitrogen and oxygen atoms in total. The van der Waals surface area contributed by atoms with E-state index in [1.54, 1.807) is 12.4 Å².